The Morgan fingerprint density at radius 3 is 2.70 bits per heavy atom. The van der Waals surface area contributed by atoms with Crippen LogP contribution >= 0.6 is 0 Å². The molecule has 3 aromatic rings. The number of nitrogens with two attached hydrogens (primary N) is 1. The SMILES string of the molecule is Cc1cc(N)c2c(OCC(C)(C)NC(=O)c3ccccc3F)cccc2n1. The van der Waals surface area contributed by atoms with Crippen LogP contribution in [0.15, 0.2) is 48.5 Å². The average molecular weight is 367 g/mol. The molecule has 0 aliphatic heterocycles. The van der Waals surface area contributed by atoms with Crippen LogP contribution in [0.2, 0.25) is 0 Å². The van der Waals surface area contributed by atoms with E-state index in [2.05, 4.69) is 10.3 Å². The van der Waals surface area contributed by atoms with Gasteiger partial charge in [-0.05, 0) is 51.1 Å². The summed E-state index contributed by atoms with van der Waals surface area (Å²) in [5.74, 6) is -0.461. The Morgan fingerprint density at radius 2 is 1.96 bits per heavy atom. The molecule has 2 aromatic carbocycles. The first kappa shape index (κ1) is 18.6. The van der Waals surface area contributed by atoms with Crippen LogP contribution in [0.25, 0.3) is 10.9 Å². The normalized spacial score (nSPS) is 11.4. The molecule has 0 spiro atoms. The van der Waals surface area contributed by atoms with E-state index < -0.39 is 17.3 Å². The number of hydrogen-bond acceptors (Lipinski definition) is 4. The van der Waals surface area contributed by atoms with E-state index in [1.807, 2.05) is 39.0 Å². The Labute approximate surface area is 157 Å². The second kappa shape index (κ2) is 7.23. The van der Waals surface area contributed by atoms with Gasteiger partial charge in [-0.25, -0.2) is 4.39 Å². The standard InChI is InChI=1S/C21H22FN3O2/c1-13-11-16(23)19-17(24-13)9-6-10-18(19)27-12-21(2,3)25-20(26)14-7-4-5-8-15(14)22/h4-11H,12H2,1-3H3,(H2,23,24)(H,25,26). The minimum absolute atomic E-state index is 0.000319. The molecular weight excluding hydrogens is 345 g/mol. The van der Waals surface area contributed by atoms with Crippen LogP contribution in [0, 0.1) is 12.7 Å². The van der Waals surface area contributed by atoms with E-state index >= 15 is 0 Å². The fourth-order valence-electron chi connectivity index (χ4n) is 2.86. The molecule has 0 radical (unpaired) electrons. The van der Waals surface area contributed by atoms with Crippen LogP contribution in [0.4, 0.5) is 10.1 Å². The van der Waals surface area contributed by atoms with Crippen molar-refractivity contribution in [2.75, 3.05) is 12.3 Å². The lowest BCUT2D eigenvalue weighted by molar-refractivity contribution is 0.0877. The number of ether oxygens (including phenoxy) is 1. The van der Waals surface area contributed by atoms with Crippen molar-refractivity contribution in [3.8, 4) is 5.75 Å². The highest BCUT2D eigenvalue weighted by Gasteiger charge is 2.24. The van der Waals surface area contributed by atoms with E-state index in [4.69, 9.17) is 10.5 Å². The van der Waals surface area contributed by atoms with E-state index in [0.717, 1.165) is 16.6 Å². The molecule has 5 nitrogen and oxygen atoms in total. The number of nitrogens with one attached hydrogen (secondary N) is 1. The summed E-state index contributed by atoms with van der Waals surface area (Å²) in [5, 5.41) is 3.54. The summed E-state index contributed by atoms with van der Waals surface area (Å²) in [5.41, 5.74) is 7.57. The molecule has 0 saturated heterocycles. The lowest BCUT2D eigenvalue weighted by Crippen LogP contribution is -2.48. The number of benzene rings is 2. The lowest BCUT2D eigenvalue weighted by atomic mass is 10.1. The number of nitrogen functional groups attached to an aromatic ring is 1. The van der Waals surface area contributed by atoms with E-state index in [0.29, 0.717) is 11.4 Å². The molecular formula is C21H22FN3O2. The van der Waals surface area contributed by atoms with Crippen molar-refractivity contribution >= 4 is 22.5 Å². The van der Waals surface area contributed by atoms with Gasteiger partial charge in [0.05, 0.1) is 22.0 Å². The zero-order valence-electron chi connectivity index (χ0n) is 15.5. The van der Waals surface area contributed by atoms with Gasteiger partial charge >= 0.3 is 0 Å². The smallest absolute Gasteiger partial charge is 0.254 e. The second-order valence-electron chi connectivity index (χ2n) is 7.11. The van der Waals surface area contributed by atoms with Crippen LogP contribution < -0.4 is 15.8 Å². The van der Waals surface area contributed by atoms with Gasteiger partial charge in [0, 0.05) is 11.4 Å². The van der Waals surface area contributed by atoms with Crippen molar-refractivity contribution < 1.29 is 13.9 Å². The zero-order valence-corrected chi connectivity index (χ0v) is 15.5. The fourth-order valence-corrected chi connectivity index (χ4v) is 2.86. The minimum Gasteiger partial charge on any atom is -0.490 e. The molecule has 27 heavy (non-hydrogen) atoms. The molecule has 0 aliphatic carbocycles. The molecule has 3 rings (SSSR count). The number of nitrogens with zero attached hydrogens (tertiary/aromatic N) is 1. The Kier molecular flexibility index (Phi) is 4.99. The Bertz CT molecular complexity index is 1000. The maximum Gasteiger partial charge on any atom is 0.254 e. The third-order valence-electron chi connectivity index (χ3n) is 4.11. The minimum atomic E-state index is -0.728. The number of carbonyl (C=O) groups excluding carboxylic acids is 1. The van der Waals surface area contributed by atoms with Crippen LogP contribution in [0.3, 0.4) is 0 Å². The quantitative estimate of drug-likeness (QED) is 0.718. The van der Waals surface area contributed by atoms with Gasteiger partial charge in [-0.15, -0.1) is 0 Å². The van der Waals surface area contributed by atoms with Gasteiger partial charge in [-0.1, -0.05) is 18.2 Å². The molecule has 1 heterocycles. The number of carbonyl (C=O) groups is 1. The number of amides is 1. The number of fused-ring (bicyclic) bond motifs is 1. The molecule has 0 bridgehead atoms. The van der Waals surface area contributed by atoms with Crippen molar-refractivity contribution in [3.05, 3.63) is 65.6 Å². The summed E-state index contributed by atoms with van der Waals surface area (Å²) in [6.07, 6.45) is 0. The van der Waals surface area contributed by atoms with Gasteiger partial charge in [-0.3, -0.25) is 9.78 Å². The molecule has 1 aromatic heterocycles. The summed E-state index contributed by atoms with van der Waals surface area (Å²) < 4.78 is 19.7. The molecule has 3 N–H and O–H groups in total. The second-order valence-corrected chi connectivity index (χ2v) is 7.11. The summed E-state index contributed by atoms with van der Waals surface area (Å²) in [6.45, 7) is 5.68. The number of anilines is 1. The van der Waals surface area contributed by atoms with Crippen molar-refractivity contribution in [1.82, 2.24) is 10.3 Å². The first-order valence-electron chi connectivity index (χ1n) is 8.62. The first-order chi connectivity index (χ1) is 12.8. The van der Waals surface area contributed by atoms with Crippen LogP contribution in [0.1, 0.15) is 29.9 Å². The predicted molar refractivity (Wildman–Crippen MR) is 104 cm³/mol. The summed E-state index contributed by atoms with van der Waals surface area (Å²) in [4.78, 5) is 16.8. The summed E-state index contributed by atoms with van der Waals surface area (Å²) >= 11 is 0. The highest BCUT2D eigenvalue weighted by Crippen LogP contribution is 2.30. The lowest BCUT2D eigenvalue weighted by Gasteiger charge is -2.27. The van der Waals surface area contributed by atoms with Crippen molar-refractivity contribution in [3.63, 3.8) is 0 Å². The van der Waals surface area contributed by atoms with Crippen LogP contribution in [0.5, 0.6) is 5.75 Å². The molecule has 0 fully saturated rings. The fraction of sp³-hybridized carbons (Fsp3) is 0.238. The number of rotatable bonds is 5. The molecule has 0 unspecified atom stereocenters. The number of hydrogen-bond donors (Lipinski definition) is 2. The van der Waals surface area contributed by atoms with Crippen molar-refractivity contribution in [1.29, 1.82) is 0 Å². The molecule has 140 valence electrons. The molecule has 0 aliphatic rings. The Hall–Kier alpha value is -3.15. The maximum atomic E-state index is 13.8. The van der Waals surface area contributed by atoms with E-state index in [9.17, 15) is 9.18 Å². The number of aryl methyl sites for hydroxylation is 1. The molecule has 0 saturated carbocycles. The van der Waals surface area contributed by atoms with Crippen LogP contribution in [-0.4, -0.2) is 23.0 Å². The topological polar surface area (TPSA) is 77.2 Å². The van der Waals surface area contributed by atoms with E-state index in [1.54, 1.807) is 18.2 Å². The third-order valence-corrected chi connectivity index (χ3v) is 4.11. The summed E-state index contributed by atoms with van der Waals surface area (Å²) in [6, 6.07) is 13.2. The van der Waals surface area contributed by atoms with Gasteiger partial charge < -0.3 is 15.8 Å². The first-order valence-corrected chi connectivity index (χ1v) is 8.62. The van der Waals surface area contributed by atoms with E-state index in [-0.39, 0.29) is 12.2 Å². The van der Waals surface area contributed by atoms with Gasteiger partial charge in [0.2, 0.25) is 0 Å². The summed E-state index contributed by atoms with van der Waals surface area (Å²) in [7, 11) is 0. The molecule has 6 heteroatoms. The van der Waals surface area contributed by atoms with Gasteiger partial charge in [0.15, 0.2) is 0 Å². The van der Waals surface area contributed by atoms with E-state index in [1.165, 1.54) is 12.1 Å². The van der Waals surface area contributed by atoms with Gasteiger partial charge in [0.1, 0.15) is 18.2 Å². The van der Waals surface area contributed by atoms with Crippen molar-refractivity contribution in [2.45, 2.75) is 26.3 Å². The average Bonchev–Trinajstić information content (AvgIpc) is 2.59. The van der Waals surface area contributed by atoms with Gasteiger partial charge in [0.25, 0.3) is 5.91 Å². The monoisotopic (exact) mass is 367 g/mol. The maximum absolute atomic E-state index is 13.8. The third kappa shape index (κ3) is 4.16. The number of aromatic nitrogens is 1. The highest BCUT2D eigenvalue weighted by atomic mass is 19.1. The Morgan fingerprint density at radius 1 is 1.22 bits per heavy atom. The number of pyridine rings is 1. The largest absolute Gasteiger partial charge is 0.490 e. The number of halogens is 1. The molecule has 0 atom stereocenters. The highest BCUT2D eigenvalue weighted by molar-refractivity contribution is 5.96. The van der Waals surface area contributed by atoms with Crippen LogP contribution in [-0.2, 0) is 0 Å². The Balaban J connectivity index is 1.77. The van der Waals surface area contributed by atoms with Gasteiger partial charge in [-0.2, -0.15) is 0 Å². The van der Waals surface area contributed by atoms with Crippen molar-refractivity contribution in [2.24, 2.45) is 0 Å². The predicted octanol–water partition coefficient (Wildman–Crippen LogP) is 3.85. The molecule has 1 amide bonds. The zero-order chi connectivity index (χ0) is 19.6.